The fraction of sp³-hybridized carbons (Fsp3) is 0.333. The van der Waals surface area contributed by atoms with Crippen LogP contribution in [0.25, 0.3) is 0 Å². The maximum absolute atomic E-state index is 14.1. The van der Waals surface area contributed by atoms with Gasteiger partial charge in [-0.25, -0.2) is 9.18 Å². The Labute approximate surface area is 157 Å². The smallest absolute Gasteiger partial charge is 0.335 e. The van der Waals surface area contributed by atoms with Crippen LogP contribution in [0.2, 0.25) is 0 Å². The van der Waals surface area contributed by atoms with Crippen LogP contribution in [0.15, 0.2) is 42.5 Å². The van der Waals surface area contributed by atoms with Gasteiger partial charge in [-0.2, -0.15) is 0 Å². The van der Waals surface area contributed by atoms with Gasteiger partial charge in [-0.15, -0.1) is 0 Å². The summed E-state index contributed by atoms with van der Waals surface area (Å²) in [7, 11) is 0. The molecule has 2 aromatic rings. The highest BCUT2D eigenvalue weighted by atomic mass is 19.1. The van der Waals surface area contributed by atoms with Crippen molar-refractivity contribution < 1.29 is 19.1 Å². The molecule has 5 nitrogen and oxygen atoms in total. The minimum Gasteiger partial charge on any atom is -0.478 e. The number of amides is 1. The number of carboxylic acids is 1. The molecule has 1 aliphatic heterocycles. The maximum atomic E-state index is 14.1. The van der Waals surface area contributed by atoms with Crippen molar-refractivity contribution >= 4 is 11.9 Å². The number of carboxylic acid groups (broad SMARTS) is 1. The van der Waals surface area contributed by atoms with Crippen molar-refractivity contribution in [3.05, 3.63) is 70.5 Å². The quantitative estimate of drug-likeness (QED) is 0.820. The fourth-order valence-electron chi connectivity index (χ4n) is 3.50. The zero-order valence-corrected chi connectivity index (χ0v) is 15.2. The summed E-state index contributed by atoms with van der Waals surface area (Å²) in [6.45, 7) is 4.25. The third-order valence-corrected chi connectivity index (χ3v) is 5.11. The van der Waals surface area contributed by atoms with Crippen molar-refractivity contribution in [1.29, 1.82) is 0 Å². The minimum absolute atomic E-state index is 0.140. The number of halogens is 1. The number of aromatic carboxylic acids is 1. The Kier molecular flexibility index (Phi) is 5.86. The molecule has 142 valence electrons. The highest BCUT2D eigenvalue weighted by Gasteiger charge is 2.23. The number of carbonyl (C=O) groups excluding carboxylic acids is 1. The molecule has 1 atom stereocenters. The summed E-state index contributed by atoms with van der Waals surface area (Å²) in [4.78, 5) is 25.5. The highest BCUT2D eigenvalue weighted by molar-refractivity contribution is 5.96. The van der Waals surface area contributed by atoms with Gasteiger partial charge in [-0.05, 0) is 42.2 Å². The summed E-state index contributed by atoms with van der Waals surface area (Å²) in [5, 5.41) is 11.7. The third-order valence-electron chi connectivity index (χ3n) is 5.11. The Morgan fingerprint density at radius 3 is 2.63 bits per heavy atom. The van der Waals surface area contributed by atoms with Crippen molar-refractivity contribution in [3.8, 4) is 0 Å². The number of benzene rings is 2. The predicted molar refractivity (Wildman–Crippen MR) is 100 cm³/mol. The van der Waals surface area contributed by atoms with E-state index in [1.807, 2.05) is 6.07 Å². The molecular weight excluding hydrogens is 347 g/mol. The van der Waals surface area contributed by atoms with Crippen LogP contribution >= 0.6 is 0 Å². The molecule has 0 saturated heterocycles. The van der Waals surface area contributed by atoms with E-state index in [4.69, 9.17) is 5.11 Å². The van der Waals surface area contributed by atoms with Gasteiger partial charge < -0.3 is 10.4 Å². The van der Waals surface area contributed by atoms with Gasteiger partial charge in [0, 0.05) is 25.7 Å². The van der Waals surface area contributed by atoms with Gasteiger partial charge in [0.15, 0.2) is 0 Å². The normalized spacial score (nSPS) is 15.0. The van der Waals surface area contributed by atoms with Crippen LogP contribution in [0.3, 0.4) is 0 Å². The highest BCUT2D eigenvalue weighted by Crippen LogP contribution is 2.21. The second kappa shape index (κ2) is 8.31. The van der Waals surface area contributed by atoms with E-state index in [-0.39, 0.29) is 17.2 Å². The molecule has 0 spiro atoms. The molecule has 6 heteroatoms. The Morgan fingerprint density at radius 1 is 1.22 bits per heavy atom. The zero-order chi connectivity index (χ0) is 19.4. The van der Waals surface area contributed by atoms with Crippen molar-refractivity contribution in [2.24, 2.45) is 0 Å². The number of hydrogen-bond donors (Lipinski definition) is 2. The van der Waals surface area contributed by atoms with Gasteiger partial charge >= 0.3 is 5.97 Å². The predicted octanol–water partition coefficient (Wildman–Crippen LogP) is 3.09. The van der Waals surface area contributed by atoms with Crippen molar-refractivity contribution in [2.75, 3.05) is 13.1 Å². The Hall–Kier alpha value is -2.73. The van der Waals surface area contributed by atoms with Crippen LogP contribution in [0.5, 0.6) is 0 Å². The number of carbonyl (C=O) groups is 2. The summed E-state index contributed by atoms with van der Waals surface area (Å²) in [6.07, 6.45) is 1.84. The molecule has 0 aliphatic carbocycles. The topological polar surface area (TPSA) is 69.6 Å². The van der Waals surface area contributed by atoms with Crippen LogP contribution in [0, 0.1) is 5.82 Å². The van der Waals surface area contributed by atoms with Crippen molar-refractivity contribution in [3.63, 3.8) is 0 Å². The molecule has 0 fully saturated rings. The van der Waals surface area contributed by atoms with E-state index < -0.39 is 17.7 Å². The van der Waals surface area contributed by atoms with Crippen LogP contribution in [0.1, 0.15) is 45.2 Å². The lowest BCUT2D eigenvalue weighted by Gasteiger charge is -2.35. The van der Waals surface area contributed by atoms with Crippen molar-refractivity contribution in [1.82, 2.24) is 10.2 Å². The molecular formula is C21H23FN2O3. The summed E-state index contributed by atoms with van der Waals surface area (Å²) in [6, 6.07) is 11.8. The summed E-state index contributed by atoms with van der Waals surface area (Å²) in [5.41, 5.74) is 2.36. The van der Waals surface area contributed by atoms with E-state index in [0.29, 0.717) is 6.54 Å². The molecule has 0 saturated carbocycles. The second-order valence-electron chi connectivity index (χ2n) is 6.76. The Bertz CT molecular complexity index is 853. The average molecular weight is 370 g/mol. The first-order valence-corrected chi connectivity index (χ1v) is 9.11. The standard InChI is InChI=1S/C21H23FN2O3/c1-2-17(24-10-9-14-5-3-4-6-16(14)13-24)12-23-20(25)18-8-7-15(21(26)27)11-19(18)22/h3-8,11,17H,2,9-10,12-13H2,1H3,(H,23,25)(H,26,27). The molecule has 27 heavy (non-hydrogen) atoms. The molecule has 0 aromatic heterocycles. The SMILES string of the molecule is CCC(CNC(=O)c1ccc(C(=O)O)cc1F)N1CCc2ccccc2C1. The first kappa shape index (κ1) is 19.0. The molecule has 2 aromatic carbocycles. The molecule has 0 bridgehead atoms. The number of hydrogen-bond acceptors (Lipinski definition) is 3. The largest absolute Gasteiger partial charge is 0.478 e. The van der Waals surface area contributed by atoms with E-state index >= 15 is 0 Å². The first-order valence-electron chi connectivity index (χ1n) is 9.11. The van der Waals surface area contributed by atoms with E-state index in [0.717, 1.165) is 32.0 Å². The van der Waals surface area contributed by atoms with Gasteiger partial charge in [0.2, 0.25) is 0 Å². The lowest BCUT2D eigenvalue weighted by Crippen LogP contribution is -2.45. The summed E-state index contributed by atoms with van der Waals surface area (Å²) < 4.78 is 14.1. The van der Waals surface area contributed by atoms with E-state index in [1.165, 1.54) is 23.3 Å². The molecule has 1 aliphatic rings. The van der Waals surface area contributed by atoms with Crippen LogP contribution in [-0.2, 0) is 13.0 Å². The lowest BCUT2D eigenvalue weighted by molar-refractivity contribution is 0.0695. The third kappa shape index (κ3) is 4.34. The monoisotopic (exact) mass is 370 g/mol. The van der Waals surface area contributed by atoms with Gasteiger partial charge in [0.05, 0.1) is 11.1 Å². The maximum Gasteiger partial charge on any atom is 0.335 e. The average Bonchev–Trinajstić information content (AvgIpc) is 2.68. The van der Waals surface area contributed by atoms with Crippen LogP contribution < -0.4 is 5.32 Å². The lowest BCUT2D eigenvalue weighted by atomic mass is 9.98. The molecule has 1 unspecified atom stereocenters. The van der Waals surface area contributed by atoms with Gasteiger partial charge in [-0.1, -0.05) is 31.2 Å². The number of nitrogens with one attached hydrogen (secondary N) is 1. The van der Waals surface area contributed by atoms with Gasteiger partial charge in [0.1, 0.15) is 5.82 Å². The van der Waals surface area contributed by atoms with Gasteiger partial charge in [-0.3, -0.25) is 9.69 Å². The Morgan fingerprint density at radius 2 is 1.96 bits per heavy atom. The van der Waals surface area contributed by atoms with E-state index in [2.05, 4.69) is 35.3 Å². The fourth-order valence-corrected chi connectivity index (χ4v) is 3.50. The summed E-state index contributed by atoms with van der Waals surface area (Å²) in [5.74, 6) is -2.58. The Balaban J connectivity index is 1.63. The number of nitrogens with zero attached hydrogens (tertiary/aromatic N) is 1. The molecule has 2 N–H and O–H groups in total. The summed E-state index contributed by atoms with van der Waals surface area (Å²) >= 11 is 0. The number of rotatable bonds is 6. The first-order chi connectivity index (χ1) is 13.0. The van der Waals surface area contributed by atoms with Crippen molar-refractivity contribution in [2.45, 2.75) is 32.4 Å². The molecule has 0 radical (unpaired) electrons. The molecule has 1 heterocycles. The zero-order valence-electron chi connectivity index (χ0n) is 15.2. The van der Waals surface area contributed by atoms with E-state index in [1.54, 1.807) is 0 Å². The second-order valence-corrected chi connectivity index (χ2v) is 6.76. The van der Waals surface area contributed by atoms with Crippen LogP contribution in [0.4, 0.5) is 4.39 Å². The molecule has 3 rings (SSSR count). The van der Waals surface area contributed by atoms with E-state index in [9.17, 15) is 14.0 Å². The minimum atomic E-state index is -1.22. The number of fused-ring (bicyclic) bond motifs is 1. The van der Waals surface area contributed by atoms with Crippen LogP contribution in [-0.4, -0.2) is 41.0 Å². The molecule has 1 amide bonds. The van der Waals surface area contributed by atoms with Gasteiger partial charge in [0.25, 0.3) is 5.91 Å².